The Balaban J connectivity index is 1.72. The normalized spacial score (nSPS) is 17.9. The van der Waals surface area contributed by atoms with Gasteiger partial charge in [0, 0.05) is 37.6 Å². The summed E-state index contributed by atoms with van der Waals surface area (Å²) in [5.41, 5.74) is 0. The van der Waals surface area contributed by atoms with Gasteiger partial charge in [-0.1, -0.05) is 25.5 Å². The van der Waals surface area contributed by atoms with Crippen molar-refractivity contribution in [2.45, 2.75) is 32.4 Å². The van der Waals surface area contributed by atoms with Crippen LogP contribution >= 0.6 is 11.3 Å². The maximum absolute atomic E-state index is 4.38. The highest BCUT2D eigenvalue weighted by Gasteiger charge is 2.28. The number of nitrogens with zero attached hydrogens (tertiary/aromatic N) is 6. The quantitative estimate of drug-likeness (QED) is 0.687. The van der Waals surface area contributed by atoms with Crippen LogP contribution in [0.2, 0.25) is 0 Å². The monoisotopic (exact) mass is 346 g/mol. The van der Waals surface area contributed by atoms with E-state index in [1.807, 2.05) is 10.8 Å². The van der Waals surface area contributed by atoms with E-state index in [0.29, 0.717) is 6.04 Å². The van der Waals surface area contributed by atoms with Gasteiger partial charge in [0.15, 0.2) is 5.82 Å². The van der Waals surface area contributed by atoms with Crippen LogP contribution in [0.1, 0.15) is 36.5 Å². The second-order valence-corrected chi connectivity index (χ2v) is 7.24. The molecule has 1 aliphatic rings. The van der Waals surface area contributed by atoms with Crippen LogP contribution in [0.15, 0.2) is 30.2 Å². The molecule has 0 saturated carbocycles. The molecule has 6 nitrogen and oxygen atoms in total. The third kappa shape index (κ3) is 4.09. The fourth-order valence-corrected chi connectivity index (χ4v) is 3.99. The van der Waals surface area contributed by atoms with E-state index in [9.17, 15) is 0 Å². The van der Waals surface area contributed by atoms with E-state index in [1.165, 1.54) is 4.88 Å². The van der Waals surface area contributed by atoms with Crippen LogP contribution in [0.4, 0.5) is 0 Å². The molecule has 1 atom stereocenters. The number of thiophene rings is 1. The Morgan fingerprint density at radius 1 is 1.33 bits per heavy atom. The van der Waals surface area contributed by atoms with E-state index in [0.717, 1.165) is 57.9 Å². The molecule has 0 amide bonds. The van der Waals surface area contributed by atoms with Crippen molar-refractivity contribution in [3.05, 3.63) is 40.9 Å². The van der Waals surface area contributed by atoms with Gasteiger partial charge in [0.2, 0.25) is 0 Å². The lowest BCUT2D eigenvalue weighted by Gasteiger charge is -2.38. The maximum Gasteiger partial charge on any atom is 0.168 e. The molecule has 130 valence electrons. The predicted octanol–water partition coefficient (Wildman–Crippen LogP) is 2.43. The van der Waals surface area contributed by atoms with E-state index >= 15 is 0 Å². The molecule has 0 spiro atoms. The Morgan fingerprint density at radius 3 is 2.83 bits per heavy atom. The predicted molar refractivity (Wildman–Crippen MR) is 97.1 cm³/mol. The van der Waals surface area contributed by atoms with Crippen LogP contribution in [-0.2, 0) is 6.54 Å². The molecule has 1 fully saturated rings. The molecule has 0 aromatic carbocycles. The fraction of sp³-hybridized carbons (Fsp3) is 0.588. The summed E-state index contributed by atoms with van der Waals surface area (Å²) in [4.78, 5) is 6.27. The summed E-state index contributed by atoms with van der Waals surface area (Å²) in [6.07, 6.45) is 4.20. The molecule has 1 saturated heterocycles. The Kier molecular flexibility index (Phi) is 6.12. The Morgan fingerprint density at radius 2 is 2.17 bits per heavy atom. The number of piperazine rings is 1. The fourth-order valence-electron chi connectivity index (χ4n) is 3.30. The number of hydrogen-bond donors (Lipinski definition) is 0. The van der Waals surface area contributed by atoms with E-state index in [-0.39, 0.29) is 0 Å². The topological polar surface area (TPSA) is 50.1 Å². The summed E-state index contributed by atoms with van der Waals surface area (Å²) in [6, 6.07) is 4.52. The zero-order valence-electron chi connectivity index (χ0n) is 14.3. The van der Waals surface area contributed by atoms with Gasteiger partial charge in [0.25, 0.3) is 0 Å². The SMILES string of the molecule is C=CCN1CCN([C@@H](CCC)c2nnnn2Cc2cccs2)CC1. The van der Waals surface area contributed by atoms with Gasteiger partial charge < -0.3 is 0 Å². The zero-order chi connectivity index (χ0) is 16.8. The van der Waals surface area contributed by atoms with Crippen LogP contribution < -0.4 is 0 Å². The first kappa shape index (κ1) is 17.3. The summed E-state index contributed by atoms with van der Waals surface area (Å²) in [5, 5.41) is 14.7. The highest BCUT2D eigenvalue weighted by atomic mass is 32.1. The van der Waals surface area contributed by atoms with Gasteiger partial charge in [-0.25, -0.2) is 4.68 Å². The van der Waals surface area contributed by atoms with Gasteiger partial charge in [-0.3, -0.25) is 9.80 Å². The molecule has 0 radical (unpaired) electrons. The third-order valence-electron chi connectivity index (χ3n) is 4.54. The van der Waals surface area contributed by atoms with Crippen molar-refractivity contribution in [2.24, 2.45) is 0 Å². The summed E-state index contributed by atoms with van der Waals surface area (Å²) >= 11 is 1.75. The average Bonchev–Trinajstić information content (AvgIpc) is 3.26. The standard InChI is InChI=1S/C17H26N6S/c1-3-6-16(22-11-9-21(8-4-2)10-12-22)17-18-19-20-23(17)14-15-7-5-13-24-15/h4-5,7,13,16H,2-3,6,8-12,14H2,1H3/t16-/m0/s1. The number of aromatic nitrogens is 4. The highest BCUT2D eigenvalue weighted by molar-refractivity contribution is 7.09. The van der Waals surface area contributed by atoms with Gasteiger partial charge in [0.1, 0.15) is 0 Å². The molecule has 2 aromatic rings. The second kappa shape index (κ2) is 8.50. The molecule has 2 aromatic heterocycles. The number of rotatable bonds is 8. The van der Waals surface area contributed by atoms with E-state index in [4.69, 9.17) is 0 Å². The first-order valence-electron chi connectivity index (χ1n) is 8.67. The van der Waals surface area contributed by atoms with Gasteiger partial charge in [-0.15, -0.1) is 23.0 Å². The number of tetrazole rings is 1. The molecule has 0 aliphatic carbocycles. The van der Waals surface area contributed by atoms with Crippen LogP contribution in [0.25, 0.3) is 0 Å². The Bertz CT molecular complexity index is 615. The lowest BCUT2D eigenvalue weighted by atomic mass is 10.1. The molecule has 24 heavy (non-hydrogen) atoms. The van der Waals surface area contributed by atoms with Gasteiger partial charge in [-0.2, -0.15) is 0 Å². The van der Waals surface area contributed by atoms with Crippen molar-refractivity contribution in [3.63, 3.8) is 0 Å². The molecule has 0 unspecified atom stereocenters. The molecular weight excluding hydrogens is 320 g/mol. The third-order valence-corrected chi connectivity index (χ3v) is 5.40. The van der Waals surface area contributed by atoms with Crippen LogP contribution in [0.3, 0.4) is 0 Å². The lowest BCUT2D eigenvalue weighted by molar-refractivity contribution is 0.0923. The molecular formula is C17H26N6S. The molecule has 3 heterocycles. The lowest BCUT2D eigenvalue weighted by Crippen LogP contribution is -2.48. The molecule has 3 rings (SSSR count). The van der Waals surface area contributed by atoms with Crippen molar-refractivity contribution in [1.29, 1.82) is 0 Å². The number of hydrogen-bond acceptors (Lipinski definition) is 6. The average molecular weight is 347 g/mol. The first-order valence-corrected chi connectivity index (χ1v) is 9.55. The van der Waals surface area contributed by atoms with E-state index in [2.05, 4.69) is 56.3 Å². The van der Waals surface area contributed by atoms with Gasteiger partial charge in [-0.05, 0) is 28.3 Å². The van der Waals surface area contributed by atoms with Crippen molar-refractivity contribution in [2.75, 3.05) is 32.7 Å². The highest BCUT2D eigenvalue weighted by Crippen LogP contribution is 2.25. The molecule has 1 aliphatic heterocycles. The summed E-state index contributed by atoms with van der Waals surface area (Å²) in [6.45, 7) is 12.1. The summed E-state index contributed by atoms with van der Waals surface area (Å²) in [7, 11) is 0. The van der Waals surface area contributed by atoms with Crippen LogP contribution in [0.5, 0.6) is 0 Å². The summed E-state index contributed by atoms with van der Waals surface area (Å²) in [5.74, 6) is 1.00. The largest absolute Gasteiger partial charge is 0.297 e. The minimum absolute atomic E-state index is 0.302. The molecule has 7 heteroatoms. The summed E-state index contributed by atoms with van der Waals surface area (Å²) < 4.78 is 1.97. The zero-order valence-corrected chi connectivity index (χ0v) is 15.2. The van der Waals surface area contributed by atoms with Crippen molar-refractivity contribution >= 4 is 11.3 Å². The maximum atomic E-state index is 4.38. The Hall–Kier alpha value is -1.57. The smallest absolute Gasteiger partial charge is 0.168 e. The van der Waals surface area contributed by atoms with Crippen molar-refractivity contribution in [3.8, 4) is 0 Å². The van der Waals surface area contributed by atoms with Gasteiger partial charge >= 0.3 is 0 Å². The van der Waals surface area contributed by atoms with Crippen molar-refractivity contribution in [1.82, 2.24) is 30.0 Å². The molecule has 0 N–H and O–H groups in total. The van der Waals surface area contributed by atoms with Crippen LogP contribution in [0, 0.1) is 0 Å². The first-order chi connectivity index (χ1) is 11.8. The van der Waals surface area contributed by atoms with E-state index in [1.54, 1.807) is 11.3 Å². The van der Waals surface area contributed by atoms with Crippen LogP contribution in [-0.4, -0.2) is 62.7 Å². The minimum Gasteiger partial charge on any atom is -0.297 e. The second-order valence-electron chi connectivity index (χ2n) is 6.20. The minimum atomic E-state index is 0.302. The molecule has 0 bridgehead atoms. The van der Waals surface area contributed by atoms with Gasteiger partial charge in [0.05, 0.1) is 12.6 Å². The Labute approximate surface area is 147 Å². The van der Waals surface area contributed by atoms with E-state index < -0.39 is 0 Å². The van der Waals surface area contributed by atoms with Crippen molar-refractivity contribution < 1.29 is 0 Å².